The first-order chi connectivity index (χ1) is 11.0. The van der Waals surface area contributed by atoms with E-state index in [0.717, 1.165) is 17.9 Å². The number of carbonyl (C=O) groups excluding carboxylic acids is 2. The number of carbonyl (C=O) groups is 2. The van der Waals surface area contributed by atoms with Gasteiger partial charge < -0.3 is 10.1 Å². The smallest absolute Gasteiger partial charge is 0.306 e. The SMILES string of the molecule is Cc1ccc(NC(=O)COC(=O)C[C@H]2C[C@H]3CC[C@@H]2C3)cc1Cl. The summed E-state index contributed by atoms with van der Waals surface area (Å²) in [5.41, 5.74) is 1.55. The molecule has 0 spiro atoms. The molecule has 1 amide bonds. The Hall–Kier alpha value is -1.55. The van der Waals surface area contributed by atoms with E-state index in [2.05, 4.69) is 5.32 Å². The molecule has 1 aromatic rings. The Labute approximate surface area is 141 Å². The number of fused-ring (bicyclic) bond motifs is 2. The first kappa shape index (κ1) is 16.3. The third-order valence-electron chi connectivity index (χ3n) is 5.13. The molecule has 124 valence electrons. The highest BCUT2D eigenvalue weighted by Crippen LogP contribution is 2.49. The molecule has 0 unspecified atom stereocenters. The number of anilines is 1. The van der Waals surface area contributed by atoms with Gasteiger partial charge in [0.15, 0.2) is 6.61 Å². The van der Waals surface area contributed by atoms with Crippen LogP contribution >= 0.6 is 11.6 Å². The number of amides is 1. The van der Waals surface area contributed by atoms with E-state index >= 15 is 0 Å². The van der Waals surface area contributed by atoms with E-state index in [1.807, 2.05) is 13.0 Å². The summed E-state index contributed by atoms with van der Waals surface area (Å²) in [5, 5.41) is 3.28. The number of nitrogens with one attached hydrogen (secondary N) is 1. The standard InChI is InChI=1S/C18H22ClNO3/c1-11-2-5-15(9-16(11)19)20-17(21)10-23-18(22)8-14-7-12-3-4-13(14)6-12/h2,5,9,12-14H,3-4,6-8,10H2,1H3,(H,20,21)/t12-,13+,14+/m0/s1. The van der Waals surface area contributed by atoms with Gasteiger partial charge in [0.2, 0.25) is 0 Å². The quantitative estimate of drug-likeness (QED) is 0.829. The van der Waals surface area contributed by atoms with Gasteiger partial charge >= 0.3 is 5.97 Å². The van der Waals surface area contributed by atoms with Gasteiger partial charge in [0.1, 0.15) is 0 Å². The number of hydrogen-bond acceptors (Lipinski definition) is 3. The third-order valence-corrected chi connectivity index (χ3v) is 5.54. The van der Waals surface area contributed by atoms with E-state index in [0.29, 0.717) is 29.0 Å². The van der Waals surface area contributed by atoms with Crippen molar-refractivity contribution in [3.05, 3.63) is 28.8 Å². The molecule has 5 heteroatoms. The van der Waals surface area contributed by atoms with Gasteiger partial charge in [-0.15, -0.1) is 0 Å². The Bertz CT molecular complexity index is 616. The Morgan fingerprint density at radius 1 is 1.30 bits per heavy atom. The van der Waals surface area contributed by atoms with Crippen molar-refractivity contribution in [2.75, 3.05) is 11.9 Å². The highest BCUT2D eigenvalue weighted by Gasteiger charge is 2.40. The van der Waals surface area contributed by atoms with Crippen LogP contribution in [0.4, 0.5) is 5.69 Å². The van der Waals surface area contributed by atoms with E-state index in [-0.39, 0.29) is 18.5 Å². The van der Waals surface area contributed by atoms with Crippen molar-refractivity contribution in [3.8, 4) is 0 Å². The Morgan fingerprint density at radius 2 is 2.13 bits per heavy atom. The average Bonchev–Trinajstić information content (AvgIpc) is 3.12. The second-order valence-corrected chi connectivity index (χ2v) is 7.22. The zero-order valence-corrected chi connectivity index (χ0v) is 14.1. The maximum Gasteiger partial charge on any atom is 0.306 e. The minimum absolute atomic E-state index is 0.245. The summed E-state index contributed by atoms with van der Waals surface area (Å²) in [7, 11) is 0. The first-order valence-electron chi connectivity index (χ1n) is 8.23. The molecule has 0 aliphatic heterocycles. The number of hydrogen-bond donors (Lipinski definition) is 1. The summed E-state index contributed by atoms with van der Waals surface area (Å²) in [6.07, 6.45) is 5.43. The number of halogens is 1. The normalized spacial score (nSPS) is 25.4. The van der Waals surface area contributed by atoms with Gasteiger partial charge in [-0.05, 0) is 61.6 Å². The molecule has 23 heavy (non-hydrogen) atoms. The number of benzene rings is 1. The maximum atomic E-state index is 11.9. The van der Waals surface area contributed by atoms with Crippen molar-refractivity contribution in [1.29, 1.82) is 0 Å². The molecule has 4 nitrogen and oxygen atoms in total. The molecule has 2 aliphatic carbocycles. The van der Waals surface area contributed by atoms with Crippen LogP contribution < -0.4 is 5.32 Å². The van der Waals surface area contributed by atoms with Gasteiger partial charge in [0.25, 0.3) is 5.91 Å². The zero-order chi connectivity index (χ0) is 16.4. The molecule has 0 radical (unpaired) electrons. The average molecular weight is 336 g/mol. The van der Waals surface area contributed by atoms with Crippen LogP contribution in [-0.2, 0) is 14.3 Å². The lowest BCUT2D eigenvalue weighted by Crippen LogP contribution is -2.23. The fourth-order valence-electron chi connectivity index (χ4n) is 3.91. The molecule has 1 N–H and O–H groups in total. The second-order valence-electron chi connectivity index (χ2n) is 6.81. The number of ether oxygens (including phenoxy) is 1. The van der Waals surface area contributed by atoms with Crippen LogP contribution in [-0.4, -0.2) is 18.5 Å². The van der Waals surface area contributed by atoms with E-state index in [4.69, 9.17) is 16.3 Å². The van der Waals surface area contributed by atoms with Crippen LogP contribution in [0.25, 0.3) is 0 Å². The van der Waals surface area contributed by atoms with Crippen molar-refractivity contribution in [1.82, 2.24) is 0 Å². The monoisotopic (exact) mass is 335 g/mol. The van der Waals surface area contributed by atoms with Crippen LogP contribution in [0.1, 0.15) is 37.7 Å². The summed E-state index contributed by atoms with van der Waals surface area (Å²) in [6, 6.07) is 5.29. The fourth-order valence-corrected chi connectivity index (χ4v) is 4.09. The van der Waals surface area contributed by atoms with Crippen LogP contribution in [0, 0.1) is 24.7 Å². The highest BCUT2D eigenvalue weighted by atomic mass is 35.5. The van der Waals surface area contributed by atoms with Gasteiger partial charge in [0, 0.05) is 17.1 Å². The summed E-state index contributed by atoms with van der Waals surface area (Å²) in [5.74, 6) is 1.36. The van der Waals surface area contributed by atoms with Crippen molar-refractivity contribution >= 4 is 29.2 Å². The van der Waals surface area contributed by atoms with Crippen molar-refractivity contribution in [2.24, 2.45) is 17.8 Å². The molecule has 2 fully saturated rings. The van der Waals surface area contributed by atoms with E-state index < -0.39 is 0 Å². The minimum atomic E-state index is -0.341. The van der Waals surface area contributed by atoms with Crippen molar-refractivity contribution < 1.29 is 14.3 Å². The summed E-state index contributed by atoms with van der Waals surface area (Å²) < 4.78 is 5.12. The Morgan fingerprint density at radius 3 is 2.78 bits per heavy atom. The first-order valence-corrected chi connectivity index (χ1v) is 8.60. The fraction of sp³-hybridized carbons (Fsp3) is 0.556. The van der Waals surface area contributed by atoms with Gasteiger partial charge in [-0.1, -0.05) is 24.1 Å². The predicted octanol–water partition coefficient (Wildman–Crippen LogP) is 3.96. The predicted molar refractivity (Wildman–Crippen MR) is 89.3 cm³/mol. The van der Waals surface area contributed by atoms with Gasteiger partial charge in [0.05, 0.1) is 0 Å². The molecule has 0 saturated heterocycles. The Balaban J connectivity index is 1.41. The largest absolute Gasteiger partial charge is 0.456 e. The molecule has 0 aromatic heterocycles. The number of aryl methyl sites for hydroxylation is 1. The Kier molecular flexibility index (Phi) is 4.90. The molecule has 2 aliphatic rings. The van der Waals surface area contributed by atoms with E-state index in [1.54, 1.807) is 12.1 Å². The second kappa shape index (κ2) is 6.91. The van der Waals surface area contributed by atoms with Crippen LogP contribution in [0.2, 0.25) is 5.02 Å². The zero-order valence-electron chi connectivity index (χ0n) is 13.3. The van der Waals surface area contributed by atoms with Gasteiger partial charge in [-0.25, -0.2) is 0 Å². The van der Waals surface area contributed by atoms with Crippen molar-refractivity contribution in [2.45, 2.75) is 39.0 Å². The van der Waals surface area contributed by atoms with E-state index in [9.17, 15) is 9.59 Å². The summed E-state index contributed by atoms with van der Waals surface area (Å²) in [4.78, 5) is 23.8. The summed E-state index contributed by atoms with van der Waals surface area (Å²) >= 11 is 6.01. The third kappa shape index (κ3) is 4.05. The van der Waals surface area contributed by atoms with Crippen LogP contribution in [0.3, 0.4) is 0 Å². The molecular formula is C18H22ClNO3. The lowest BCUT2D eigenvalue weighted by molar-refractivity contribution is -0.148. The van der Waals surface area contributed by atoms with Crippen LogP contribution in [0.15, 0.2) is 18.2 Å². The molecule has 0 heterocycles. The lowest BCUT2D eigenvalue weighted by atomic mass is 9.86. The van der Waals surface area contributed by atoms with Gasteiger partial charge in [-0.3, -0.25) is 9.59 Å². The van der Waals surface area contributed by atoms with Crippen molar-refractivity contribution in [3.63, 3.8) is 0 Å². The number of rotatable bonds is 5. The molecule has 2 saturated carbocycles. The molecule has 3 rings (SSSR count). The molecule has 3 atom stereocenters. The minimum Gasteiger partial charge on any atom is -0.456 e. The van der Waals surface area contributed by atoms with Gasteiger partial charge in [-0.2, -0.15) is 0 Å². The number of esters is 1. The highest BCUT2D eigenvalue weighted by molar-refractivity contribution is 6.31. The maximum absolute atomic E-state index is 11.9. The molecule has 1 aromatic carbocycles. The topological polar surface area (TPSA) is 55.4 Å². The molecular weight excluding hydrogens is 314 g/mol. The van der Waals surface area contributed by atoms with E-state index in [1.165, 1.54) is 19.3 Å². The molecule has 2 bridgehead atoms. The van der Waals surface area contributed by atoms with Crippen LogP contribution in [0.5, 0.6) is 0 Å². The summed E-state index contributed by atoms with van der Waals surface area (Å²) in [6.45, 7) is 1.65. The lowest BCUT2D eigenvalue weighted by Gasteiger charge is -2.20.